The fraction of sp³-hybridized carbons (Fsp3) is 0.364. The van der Waals surface area contributed by atoms with E-state index in [0.717, 1.165) is 11.3 Å². The molecule has 2 aromatic rings. The van der Waals surface area contributed by atoms with Gasteiger partial charge < -0.3 is 4.52 Å². The number of halogens is 1. The molecule has 1 N–H and O–H groups in total. The number of anilines is 1. The lowest BCUT2D eigenvalue weighted by Crippen LogP contribution is -2.12. The lowest BCUT2D eigenvalue weighted by Gasteiger charge is -2.12. The second-order valence-electron chi connectivity index (χ2n) is 4.99. The molecule has 0 saturated carbocycles. The maximum absolute atomic E-state index is 12.1. The van der Waals surface area contributed by atoms with Crippen LogP contribution in [0, 0.1) is 0 Å². The minimum atomic E-state index is -3.64. The standard InChI is InChI=1S/C11H13BrN2O3S2/c1-11(2,3)8-6-9(17-13-8)14-19(15,16)10-7(12)4-5-18-10/h4-6,14H,1-3H3. The largest absolute Gasteiger partial charge is 0.338 e. The topological polar surface area (TPSA) is 72.2 Å². The van der Waals surface area contributed by atoms with E-state index in [1.165, 1.54) is 0 Å². The molecule has 2 aromatic heterocycles. The van der Waals surface area contributed by atoms with Crippen molar-refractivity contribution in [3.05, 3.63) is 27.7 Å². The summed E-state index contributed by atoms with van der Waals surface area (Å²) < 4.78 is 32.4. The summed E-state index contributed by atoms with van der Waals surface area (Å²) in [5, 5.41) is 5.56. The molecule has 5 nitrogen and oxygen atoms in total. The van der Waals surface area contributed by atoms with Crippen LogP contribution in [0.4, 0.5) is 5.88 Å². The monoisotopic (exact) mass is 364 g/mol. The Hall–Kier alpha value is -0.860. The summed E-state index contributed by atoms with van der Waals surface area (Å²) in [4.78, 5) is 0. The van der Waals surface area contributed by atoms with Crippen LogP contribution in [0.25, 0.3) is 0 Å². The summed E-state index contributed by atoms with van der Waals surface area (Å²) in [5.41, 5.74) is 0.493. The first kappa shape index (κ1) is 14.5. The van der Waals surface area contributed by atoms with E-state index >= 15 is 0 Å². The van der Waals surface area contributed by atoms with E-state index in [1.54, 1.807) is 17.5 Å². The van der Waals surface area contributed by atoms with Gasteiger partial charge in [-0.05, 0) is 27.4 Å². The Morgan fingerprint density at radius 2 is 2.11 bits per heavy atom. The van der Waals surface area contributed by atoms with Gasteiger partial charge in [-0.2, -0.15) is 0 Å². The Balaban J connectivity index is 2.27. The molecule has 0 saturated heterocycles. The molecule has 104 valence electrons. The number of nitrogens with zero attached hydrogens (tertiary/aromatic N) is 1. The van der Waals surface area contributed by atoms with Crippen LogP contribution in [0.3, 0.4) is 0 Å². The maximum Gasteiger partial charge on any atom is 0.274 e. The fourth-order valence-corrected chi connectivity index (χ4v) is 4.64. The van der Waals surface area contributed by atoms with Crippen LogP contribution < -0.4 is 4.72 Å². The Bertz CT molecular complexity index is 683. The van der Waals surface area contributed by atoms with E-state index in [1.807, 2.05) is 20.8 Å². The van der Waals surface area contributed by atoms with Crippen molar-refractivity contribution in [1.29, 1.82) is 0 Å². The maximum atomic E-state index is 12.1. The van der Waals surface area contributed by atoms with Crippen LogP contribution in [0.15, 0.2) is 30.7 Å². The predicted molar refractivity (Wildman–Crippen MR) is 78.0 cm³/mol. The molecule has 2 rings (SSSR count). The molecule has 0 radical (unpaired) electrons. The molecule has 0 aliphatic rings. The lowest BCUT2D eigenvalue weighted by atomic mass is 9.92. The van der Waals surface area contributed by atoms with Crippen molar-refractivity contribution in [2.75, 3.05) is 4.72 Å². The van der Waals surface area contributed by atoms with Gasteiger partial charge in [-0.15, -0.1) is 11.3 Å². The highest BCUT2D eigenvalue weighted by Crippen LogP contribution is 2.30. The molecule has 0 spiro atoms. The van der Waals surface area contributed by atoms with Gasteiger partial charge in [0.05, 0.1) is 5.69 Å². The first-order valence-corrected chi connectivity index (χ1v) is 8.59. The zero-order valence-corrected chi connectivity index (χ0v) is 13.8. The molecular formula is C11H13BrN2O3S2. The lowest BCUT2D eigenvalue weighted by molar-refractivity contribution is 0.405. The van der Waals surface area contributed by atoms with E-state index in [9.17, 15) is 8.42 Å². The van der Waals surface area contributed by atoms with E-state index < -0.39 is 10.0 Å². The van der Waals surface area contributed by atoms with Crippen LogP contribution in [0.1, 0.15) is 26.5 Å². The van der Waals surface area contributed by atoms with Gasteiger partial charge >= 0.3 is 0 Å². The summed E-state index contributed by atoms with van der Waals surface area (Å²) >= 11 is 4.33. The minimum Gasteiger partial charge on any atom is -0.338 e. The van der Waals surface area contributed by atoms with E-state index in [-0.39, 0.29) is 15.5 Å². The second-order valence-corrected chi connectivity index (χ2v) is 8.64. The first-order valence-electron chi connectivity index (χ1n) is 5.43. The number of aromatic nitrogens is 1. The van der Waals surface area contributed by atoms with Gasteiger partial charge in [0.15, 0.2) is 4.21 Å². The number of rotatable bonds is 3. The highest BCUT2D eigenvalue weighted by molar-refractivity contribution is 9.10. The zero-order valence-electron chi connectivity index (χ0n) is 10.6. The van der Waals surface area contributed by atoms with Crippen molar-refractivity contribution in [2.45, 2.75) is 30.4 Å². The first-order chi connectivity index (χ1) is 8.70. The average Bonchev–Trinajstić information content (AvgIpc) is 2.85. The van der Waals surface area contributed by atoms with Gasteiger partial charge in [0, 0.05) is 16.0 Å². The summed E-state index contributed by atoms with van der Waals surface area (Å²) in [6.45, 7) is 5.91. The molecule has 0 aliphatic carbocycles. The molecule has 0 amide bonds. The van der Waals surface area contributed by atoms with Crippen molar-refractivity contribution < 1.29 is 12.9 Å². The molecule has 0 bridgehead atoms. The van der Waals surface area contributed by atoms with Crippen molar-refractivity contribution in [2.24, 2.45) is 0 Å². The molecule has 0 unspecified atom stereocenters. The van der Waals surface area contributed by atoms with E-state index in [4.69, 9.17) is 4.52 Å². The van der Waals surface area contributed by atoms with Crippen LogP contribution >= 0.6 is 27.3 Å². The quantitative estimate of drug-likeness (QED) is 0.902. The molecule has 0 aliphatic heterocycles. The average molecular weight is 365 g/mol. The second kappa shape index (κ2) is 4.92. The van der Waals surface area contributed by atoms with Crippen LogP contribution in [-0.4, -0.2) is 13.6 Å². The van der Waals surface area contributed by atoms with E-state index in [2.05, 4.69) is 25.8 Å². The molecule has 0 atom stereocenters. The smallest absolute Gasteiger partial charge is 0.274 e. The Kier molecular flexibility index (Phi) is 3.76. The number of hydrogen-bond acceptors (Lipinski definition) is 5. The third-order valence-electron chi connectivity index (χ3n) is 2.34. The zero-order chi connectivity index (χ0) is 14.3. The number of hydrogen-bond donors (Lipinski definition) is 1. The molecular weight excluding hydrogens is 352 g/mol. The van der Waals surface area contributed by atoms with Crippen LogP contribution in [0.2, 0.25) is 0 Å². The minimum absolute atomic E-state index is 0.116. The van der Waals surface area contributed by atoms with Gasteiger partial charge in [-0.25, -0.2) is 13.1 Å². The highest BCUT2D eigenvalue weighted by atomic mass is 79.9. The third kappa shape index (κ3) is 3.18. The number of thiophene rings is 1. The number of sulfonamides is 1. The van der Waals surface area contributed by atoms with Gasteiger partial charge in [-0.1, -0.05) is 25.9 Å². The Labute approximate surface area is 124 Å². The van der Waals surface area contributed by atoms with Gasteiger partial charge in [0.2, 0.25) is 5.88 Å². The number of nitrogens with one attached hydrogen (secondary N) is 1. The molecule has 8 heteroatoms. The van der Waals surface area contributed by atoms with Gasteiger partial charge in [0.1, 0.15) is 0 Å². The Morgan fingerprint density at radius 3 is 2.58 bits per heavy atom. The molecule has 2 heterocycles. The summed E-state index contributed by atoms with van der Waals surface area (Å²) in [6, 6.07) is 3.28. The summed E-state index contributed by atoms with van der Waals surface area (Å²) in [6.07, 6.45) is 0. The predicted octanol–water partition coefficient (Wildman–Crippen LogP) is 3.60. The van der Waals surface area contributed by atoms with Gasteiger partial charge in [0.25, 0.3) is 10.0 Å². The third-order valence-corrected chi connectivity index (χ3v) is 6.36. The normalized spacial score (nSPS) is 12.6. The Morgan fingerprint density at radius 1 is 1.42 bits per heavy atom. The molecule has 0 fully saturated rings. The molecule has 0 aromatic carbocycles. The van der Waals surface area contributed by atoms with Crippen LogP contribution in [-0.2, 0) is 15.4 Å². The summed E-state index contributed by atoms with van der Waals surface area (Å²) in [7, 11) is -3.64. The van der Waals surface area contributed by atoms with Crippen molar-refractivity contribution in [3.8, 4) is 0 Å². The van der Waals surface area contributed by atoms with Gasteiger partial charge in [-0.3, -0.25) is 0 Å². The van der Waals surface area contributed by atoms with E-state index in [0.29, 0.717) is 10.2 Å². The van der Waals surface area contributed by atoms with Crippen LogP contribution in [0.5, 0.6) is 0 Å². The van der Waals surface area contributed by atoms with Crippen molar-refractivity contribution >= 4 is 43.2 Å². The highest BCUT2D eigenvalue weighted by Gasteiger charge is 2.24. The SMILES string of the molecule is CC(C)(C)c1cc(NS(=O)(=O)c2sccc2Br)on1. The van der Waals surface area contributed by atoms with Crippen molar-refractivity contribution in [3.63, 3.8) is 0 Å². The summed E-state index contributed by atoms with van der Waals surface area (Å²) in [5.74, 6) is 0.116. The fourth-order valence-electron chi connectivity index (χ4n) is 1.33. The molecule has 19 heavy (non-hydrogen) atoms. The van der Waals surface area contributed by atoms with Crippen molar-refractivity contribution in [1.82, 2.24) is 5.16 Å².